The lowest BCUT2D eigenvalue weighted by molar-refractivity contribution is -0.137. The maximum atomic E-state index is 14.0. The first kappa shape index (κ1) is 34.8. The Morgan fingerprint density at radius 2 is 1.66 bits per heavy atom. The van der Waals surface area contributed by atoms with Crippen molar-refractivity contribution in [1.29, 1.82) is 0 Å². The molecule has 2 amide bonds. The monoisotopic (exact) mass is 691 g/mol. The van der Waals surface area contributed by atoms with Crippen molar-refractivity contribution in [3.8, 4) is 17.1 Å². The van der Waals surface area contributed by atoms with Crippen LogP contribution in [0.3, 0.4) is 0 Å². The maximum absolute atomic E-state index is 14.0. The Hall–Kier alpha value is -5.05. The number of methoxy groups -OCH3 is 1. The second-order valence-electron chi connectivity index (χ2n) is 12.5. The van der Waals surface area contributed by atoms with Crippen LogP contribution in [0.1, 0.15) is 56.1 Å². The van der Waals surface area contributed by atoms with Gasteiger partial charge < -0.3 is 25.4 Å². The quantitative estimate of drug-likeness (QED) is 0.196. The molecule has 3 N–H and O–H groups in total. The minimum absolute atomic E-state index is 0.110. The van der Waals surface area contributed by atoms with Crippen LogP contribution in [0.5, 0.6) is 6.01 Å². The molecule has 2 fully saturated rings. The van der Waals surface area contributed by atoms with Crippen molar-refractivity contribution in [2.24, 2.45) is 0 Å². The highest BCUT2D eigenvalue weighted by Gasteiger charge is 2.38. The number of ether oxygens (including phenoxy) is 1. The summed E-state index contributed by atoms with van der Waals surface area (Å²) in [5.41, 5.74) is 1.60. The van der Waals surface area contributed by atoms with Gasteiger partial charge in [-0.15, -0.1) is 0 Å². The van der Waals surface area contributed by atoms with E-state index in [-0.39, 0.29) is 42.4 Å². The largest absolute Gasteiger partial charge is 0.467 e. The highest BCUT2D eigenvalue weighted by atomic mass is 19.4. The highest BCUT2D eigenvalue weighted by Crippen LogP contribution is 2.37. The fourth-order valence-corrected chi connectivity index (χ4v) is 6.42. The number of alkyl halides is 3. The number of aliphatic hydroxyl groups excluding tert-OH is 1. The topological polar surface area (TPSA) is 142 Å². The number of rotatable bonds is 9. The van der Waals surface area contributed by atoms with Crippen molar-refractivity contribution in [1.82, 2.24) is 30.2 Å². The molecule has 264 valence electrons. The minimum atomic E-state index is -4.62. The molecular formula is C35H40F3N9O3. The number of urea groups is 1. The van der Waals surface area contributed by atoms with Crippen molar-refractivity contribution in [3.05, 3.63) is 78.4 Å². The summed E-state index contributed by atoms with van der Waals surface area (Å²) in [7, 11) is 1.50. The molecule has 1 atom stereocenters. The van der Waals surface area contributed by atoms with Crippen LogP contribution in [0, 0.1) is 0 Å². The fraction of sp³-hybridized carbons (Fsp3) is 0.429. The first-order valence-corrected chi connectivity index (χ1v) is 16.7. The number of halogens is 3. The molecule has 1 aliphatic heterocycles. The van der Waals surface area contributed by atoms with Gasteiger partial charge in [0.25, 0.3) is 0 Å². The van der Waals surface area contributed by atoms with Crippen LogP contribution in [0.2, 0.25) is 0 Å². The average Bonchev–Trinajstić information content (AvgIpc) is 3.36. The number of pyridine rings is 1. The molecule has 3 aromatic heterocycles. The molecule has 1 aliphatic carbocycles. The number of carbonyl (C=O) groups is 1. The molecule has 1 saturated carbocycles. The first-order chi connectivity index (χ1) is 24.2. The van der Waals surface area contributed by atoms with Crippen LogP contribution in [0.15, 0.2) is 67.3 Å². The lowest BCUT2D eigenvalue weighted by atomic mass is 9.90. The molecule has 1 unspecified atom stereocenters. The summed E-state index contributed by atoms with van der Waals surface area (Å²) in [5, 5.41) is 16.3. The summed E-state index contributed by atoms with van der Waals surface area (Å²) >= 11 is 0. The van der Waals surface area contributed by atoms with Crippen molar-refractivity contribution >= 4 is 23.6 Å². The SMILES string of the molecule is COc1ncc(-c2ccc(N(C(=O)NCc3ccccc3)[C@H]3CC[C@H](Nc4ncc(C(F)(F)F)c(N5CCCC(O)CC5)n4)CC3)nc2)cn1. The van der Waals surface area contributed by atoms with Crippen molar-refractivity contribution in [2.75, 3.05) is 35.3 Å². The summed E-state index contributed by atoms with van der Waals surface area (Å²) in [6.07, 6.45) is 4.60. The van der Waals surface area contributed by atoms with Gasteiger partial charge in [-0.1, -0.05) is 30.3 Å². The highest BCUT2D eigenvalue weighted by molar-refractivity contribution is 5.91. The molecule has 1 saturated heterocycles. The summed E-state index contributed by atoms with van der Waals surface area (Å²) in [6.45, 7) is 0.988. The number of nitrogens with zero attached hydrogens (tertiary/aromatic N) is 7. The molecule has 0 bridgehead atoms. The first-order valence-electron chi connectivity index (χ1n) is 16.7. The van der Waals surface area contributed by atoms with Crippen LogP contribution in [-0.2, 0) is 12.7 Å². The number of hydrogen-bond donors (Lipinski definition) is 3. The van der Waals surface area contributed by atoms with E-state index in [9.17, 15) is 23.1 Å². The van der Waals surface area contributed by atoms with E-state index >= 15 is 0 Å². The molecule has 2 aliphatic rings. The van der Waals surface area contributed by atoms with E-state index in [4.69, 9.17) is 4.74 Å². The van der Waals surface area contributed by atoms with Crippen LogP contribution in [0.4, 0.5) is 35.5 Å². The van der Waals surface area contributed by atoms with Gasteiger partial charge in [-0.25, -0.2) is 24.7 Å². The number of anilines is 3. The normalized spacial score (nSPS) is 19.7. The molecule has 12 nitrogen and oxygen atoms in total. The molecule has 0 radical (unpaired) electrons. The Morgan fingerprint density at radius 1 is 0.920 bits per heavy atom. The van der Waals surface area contributed by atoms with E-state index in [1.807, 2.05) is 36.4 Å². The number of carbonyl (C=O) groups excluding carboxylic acids is 1. The van der Waals surface area contributed by atoms with Gasteiger partial charge in [-0.2, -0.15) is 18.2 Å². The summed E-state index contributed by atoms with van der Waals surface area (Å²) < 4.78 is 46.9. The Morgan fingerprint density at radius 3 is 2.34 bits per heavy atom. The van der Waals surface area contributed by atoms with E-state index in [0.29, 0.717) is 63.9 Å². The minimum Gasteiger partial charge on any atom is -0.467 e. The van der Waals surface area contributed by atoms with Crippen molar-refractivity contribution in [3.63, 3.8) is 0 Å². The molecule has 15 heteroatoms. The lowest BCUT2D eigenvalue weighted by Crippen LogP contribution is -2.49. The van der Waals surface area contributed by atoms with Crippen LogP contribution < -0.4 is 25.2 Å². The predicted molar refractivity (Wildman–Crippen MR) is 182 cm³/mol. The summed E-state index contributed by atoms with van der Waals surface area (Å²) in [5.74, 6) is 0.441. The third kappa shape index (κ3) is 8.56. The van der Waals surface area contributed by atoms with Crippen molar-refractivity contribution < 1.29 is 27.8 Å². The van der Waals surface area contributed by atoms with Crippen LogP contribution in [-0.4, -0.2) is 74.4 Å². The number of nitrogens with one attached hydrogen (secondary N) is 2. The molecular weight excluding hydrogens is 651 g/mol. The molecule has 4 heterocycles. The van der Waals surface area contributed by atoms with Crippen LogP contribution >= 0.6 is 0 Å². The van der Waals surface area contributed by atoms with Gasteiger partial charge in [0.05, 0.1) is 13.2 Å². The number of aromatic nitrogens is 5. The molecule has 50 heavy (non-hydrogen) atoms. The van der Waals surface area contributed by atoms with Gasteiger partial charge in [-0.05, 0) is 62.6 Å². The third-order valence-electron chi connectivity index (χ3n) is 9.11. The summed E-state index contributed by atoms with van der Waals surface area (Å²) in [6, 6.07) is 13.0. The number of benzene rings is 1. The van der Waals surface area contributed by atoms with Gasteiger partial charge in [0.1, 0.15) is 17.2 Å². The molecule has 0 spiro atoms. The molecule has 4 aromatic rings. The van der Waals surface area contributed by atoms with Gasteiger partial charge in [0.2, 0.25) is 5.95 Å². The van der Waals surface area contributed by atoms with Gasteiger partial charge >= 0.3 is 18.2 Å². The molecule has 6 rings (SSSR count). The van der Waals surface area contributed by atoms with E-state index in [0.717, 1.165) is 22.9 Å². The zero-order valence-electron chi connectivity index (χ0n) is 27.7. The van der Waals surface area contributed by atoms with E-state index in [1.54, 1.807) is 34.5 Å². The second kappa shape index (κ2) is 15.7. The van der Waals surface area contributed by atoms with E-state index < -0.39 is 17.8 Å². The third-order valence-corrected chi connectivity index (χ3v) is 9.11. The standard InChI is InChI=1S/C35H40F3N9O3/c1-50-33-41-20-25(21-42-33)24-9-14-30(39-19-24)47(34(49)43-18-23-6-3-2-4-7-23)27-12-10-26(11-13-27)44-32-40-22-29(35(36,37)38)31(45-32)46-16-5-8-28(48)15-17-46/h2-4,6-7,9,14,19-22,26-28,48H,5,8,10-13,15-18H2,1H3,(H,43,49)(H,40,44,45)/t26-,27-,28?. The van der Waals surface area contributed by atoms with E-state index in [2.05, 4.69) is 35.6 Å². The van der Waals surface area contributed by atoms with E-state index in [1.165, 1.54) is 7.11 Å². The maximum Gasteiger partial charge on any atom is 0.421 e. The van der Waals surface area contributed by atoms with Gasteiger partial charge in [-0.3, -0.25) is 4.90 Å². The Labute approximate surface area is 288 Å². The average molecular weight is 692 g/mol. The van der Waals surface area contributed by atoms with Crippen LogP contribution in [0.25, 0.3) is 11.1 Å². The number of hydrogen-bond acceptors (Lipinski definition) is 10. The van der Waals surface area contributed by atoms with Crippen molar-refractivity contribution in [2.45, 2.75) is 75.9 Å². The Kier molecular flexibility index (Phi) is 10.9. The molecule has 1 aromatic carbocycles. The van der Waals surface area contributed by atoms with Gasteiger partial charge in [0, 0.05) is 67.6 Å². The number of amides is 2. The van der Waals surface area contributed by atoms with Gasteiger partial charge in [0.15, 0.2) is 0 Å². The predicted octanol–water partition coefficient (Wildman–Crippen LogP) is 5.85. The zero-order valence-corrected chi connectivity index (χ0v) is 27.7. The Balaban J connectivity index is 1.16. The smallest absolute Gasteiger partial charge is 0.421 e. The Bertz CT molecular complexity index is 1710. The lowest BCUT2D eigenvalue weighted by Gasteiger charge is -2.36. The number of aliphatic hydroxyl groups is 1. The summed E-state index contributed by atoms with van der Waals surface area (Å²) in [4.78, 5) is 38.4. The fourth-order valence-electron chi connectivity index (χ4n) is 6.42. The second-order valence-corrected chi connectivity index (χ2v) is 12.5. The zero-order chi connectivity index (χ0) is 35.1.